The molecule has 126 valence electrons. The first kappa shape index (κ1) is 15.2. The summed E-state index contributed by atoms with van der Waals surface area (Å²) in [5.41, 5.74) is 4.51. The summed E-state index contributed by atoms with van der Waals surface area (Å²) in [4.78, 5) is 12.9. The van der Waals surface area contributed by atoms with Gasteiger partial charge >= 0.3 is 0 Å². The summed E-state index contributed by atoms with van der Waals surface area (Å²) in [7, 11) is 0. The molecule has 25 heavy (non-hydrogen) atoms. The molecule has 0 saturated carbocycles. The summed E-state index contributed by atoms with van der Waals surface area (Å²) in [6.07, 6.45) is 7.49. The molecule has 0 radical (unpaired) electrons. The molecule has 0 bridgehead atoms. The van der Waals surface area contributed by atoms with E-state index in [9.17, 15) is 0 Å². The molecule has 2 aliphatic rings. The molecule has 2 aromatic carbocycles. The van der Waals surface area contributed by atoms with E-state index < -0.39 is 0 Å². The molecule has 5 rings (SSSR count). The molecule has 1 aliphatic carbocycles. The van der Waals surface area contributed by atoms with Crippen molar-refractivity contribution in [2.45, 2.75) is 24.2 Å². The molecule has 4 heteroatoms. The Kier molecular flexibility index (Phi) is 3.49. The van der Waals surface area contributed by atoms with Crippen molar-refractivity contribution in [2.75, 3.05) is 24.2 Å². The molecule has 1 fully saturated rings. The van der Waals surface area contributed by atoms with E-state index in [1.807, 2.05) is 0 Å². The normalized spacial score (nSPS) is 18.2. The van der Waals surface area contributed by atoms with Gasteiger partial charge in [0.1, 0.15) is 12.1 Å². The lowest BCUT2D eigenvalue weighted by atomic mass is 9.84. The van der Waals surface area contributed by atoms with E-state index in [4.69, 9.17) is 0 Å². The Bertz CT molecular complexity index is 928. The molecule has 3 nitrogen and oxygen atoms in total. The Morgan fingerprint density at radius 3 is 2.60 bits per heavy atom. The molecule has 0 amide bonds. The zero-order valence-corrected chi connectivity index (χ0v) is 15.2. The lowest BCUT2D eigenvalue weighted by Gasteiger charge is -2.25. The van der Waals surface area contributed by atoms with Gasteiger partial charge in [-0.25, -0.2) is 9.97 Å². The van der Waals surface area contributed by atoms with Crippen LogP contribution < -0.4 is 4.90 Å². The molecular formula is C21H21N3S. The highest BCUT2D eigenvalue weighted by molar-refractivity contribution is 7.98. The van der Waals surface area contributed by atoms with E-state index in [1.54, 1.807) is 29.2 Å². The fraction of sp³-hybridized carbons (Fsp3) is 0.333. The molecule has 0 N–H and O–H groups in total. The van der Waals surface area contributed by atoms with Crippen molar-refractivity contribution in [3.05, 3.63) is 59.9 Å². The number of fused-ring (bicyclic) bond motifs is 2. The molecule has 2 heterocycles. The smallest absolute Gasteiger partial charge is 0.139 e. The monoisotopic (exact) mass is 347 g/mol. The SMILES string of the molecule is CSc1ccc2ncnc(N3CCC4(Cc5ccccc5C4)C3)c2c1. The van der Waals surface area contributed by atoms with Gasteiger partial charge in [0.2, 0.25) is 0 Å². The highest BCUT2D eigenvalue weighted by Crippen LogP contribution is 2.45. The van der Waals surface area contributed by atoms with Crippen molar-refractivity contribution in [3.8, 4) is 0 Å². The van der Waals surface area contributed by atoms with Crippen molar-refractivity contribution in [1.29, 1.82) is 0 Å². The van der Waals surface area contributed by atoms with Gasteiger partial charge < -0.3 is 4.90 Å². The Morgan fingerprint density at radius 2 is 1.84 bits per heavy atom. The lowest BCUT2D eigenvalue weighted by Crippen LogP contribution is -2.28. The van der Waals surface area contributed by atoms with Gasteiger partial charge in [-0.3, -0.25) is 0 Å². The maximum absolute atomic E-state index is 4.67. The predicted octanol–water partition coefficient (Wildman–Crippen LogP) is 4.35. The average molecular weight is 347 g/mol. The van der Waals surface area contributed by atoms with Gasteiger partial charge in [0.25, 0.3) is 0 Å². The zero-order valence-electron chi connectivity index (χ0n) is 14.4. The number of benzene rings is 2. The second-order valence-corrected chi connectivity index (χ2v) is 8.25. The van der Waals surface area contributed by atoms with Gasteiger partial charge in [0.05, 0.1) is 5.52 Å². The number of aromatic nitrogens is 2. The Hall–Kier alpha value is -2.07. The van der Waals surface area contributed by atoms with Crippen LogP contribution in [0, 0.1) is 5.41 Å². The van der Waals surface area contributed by atoms with Crippen molar-refractivity contribution >= 4 is 28.5 Å². The third kappa shape index (κ3) is 2.51. The Balaban J connectivity index is 1.49. The summed E-state index contributed by atoms with van der Waals surface area (Å²) in [6.45, 7) is 2.18. The molecule has 0 atom stereocenters. The summed E-state index contributed by atoms with van der Waals surface area (Å²) >= 11 is 1.77. The van der Waals surface area contributed by atoms with Gasteiger partial charge in [-0.05, 0) is 60.3 Å². The minimum absolute atomic E-state index is 0.387. The fourth-order valence-corrected chi connectivity index (χ4v) is 5.02. The maximum atomic E-state index is 4.67. The molecular weight excluding hydrogens is 326 g/mol. The first-order chi connectivity index (χ1) is 12.3. The fourth-order valence-electron chi connectivity index (χ4n) is 4.58. The first-order valence-electron chi connectivity index (χ1n) is 8.87. The molecule has 1 aliphatic heterocycles. The minimum Gasteiger partial charge on any atom is -0.355 e. The number of hydrogen-bond donors (Lipinski definition) is 0. The second-order valence-electron chi connectivity index (χ2n) is 7.37. The average Bonchev–Trinajstić information content (AvgIpc) is 3.23. The molecule has 1 saturated heterocycles. The van der Waals surface area contributed by atoms with Crippen LogP contribution in [0.2, 0.25) is 0 Å². The highest BCUT2D eigenvalue weighted by Gasteiger charge is 2.43. The third-order valence-electron chi connectivity index (χ3n) is 5.81. The van der Waals surface area contributed by atoms with Crippen molar-refractivity contribution in [3.63, 3.8) is 0 Å². The van der Waals surface area contributed by atoms with Gasteiger partial charge in [0.15, 0.2) is 0 Å². The zero-order chi connectivity index (χ0) is 16.9. The number of anilines is 1. The largest absolute Gasteiger partial charge is 0.355 e. The van der Waals surface area contributed by atoms with Crippen LogP contribution in [-0.4, -0.2) is 29.3 Å². The van der Waals surface area contributed by atoms with Crippen LogP contribution in [0.25, 0.3) is 10.9 Å². The predicted molar refractivity (Wildman–Crippen MR) is 104 cm³/mol. The van der Waals surface area contributed by atoms with Crippen LogP contribution >= 0.6 is 11.8 Å². The van der Waals surface area contributed by atoms with Crippen LogP contribution in [-0.2, 0) is 12.8 Å². The van der Waals surface area contributed by atoms with E-state index in [2.05, 4.69) is 63.6 Å². The molecule has 0 unspecified atom stereocenters. The van der Waals surface area contributed by atoms with E-state index in [0.29, 0.717) is 5.41 Å². The standard InChI is InChI=1S/C21H21N3S/c1-25-17-6-7-19-18(10-17)20(23-14-22-19)24-9-8-21(13-24)11-15-4-2-3-5-16(15)12-21/h2-7,10,14H,8-9,11-13H2,1H3. The highest BCUT2D eigenvalue weighted by atomic mass is 32.2. The maximum Gasteiger partial charge on any atom is 0.139 e. The summed E-state index contributed by atoms with van der Waals surface area (Å²) in [5.74, 6) is 1.11. The number of rotatable bonds is 2. The number of nitrogens with zero attached hydrogens (tertiary/aromatic N) is 3. The van der Waals surface area contributed by atoms with Gasteiger partial charge in [0, 0.05) is 23.4 Å². The first-order valence-corrected chi connectivity index (χ1v) is 10.1. The number of thioether (sulfide) groups is 1. The number of hydrogen-bond acceptors (Lipinski definition) is 4. The van der Waals surface area contributed by atoms with Gasteiger partial charge in [-0.15, -0.1) is 11.8 Å². The Morgan fingerprint density at radius 1 is 1.04 bits per heavy atom. The topological polar surface area (TPSA) is 29.0 Å². The summed E-state index contributed by atoms with van der Waals surface area (Å²) in [6, 6.07) is 15.4. The Labute approximate surface area is 152 Å². The van der Waals surface area contributed by atoms with Crippen molar-refractivity contribution < 1.29 is 0 Å². The third-order valence-corrected chi connectivity index (χ3v) is 6.53. The van der Waals surface area contributed by atoms with Crippen LogP contribution in [0.1, 0.15) is 17.5 Å². The van der Waals surface area contributed by atoms with Crippen LogP contribution in [0.4, 0.5) is 5.82 Å². The van der Waals surface area contributed by atoms with Crippen LogP contribution in [0.3, 0.4) is 0 Å². The molecule has 3 aromatic rings. The molecule has 1 spiro atoms. The van der Waals surface area contributed by atoms with Crippen LogP contribution in [0.5, 0.6) is 0 Å². The summed E-state index contributed by atoms with van der Waals surface area (Å²) in [5, 5.41) is 1.18. The van der Waals surface area contributed by atoms with Gasteiger partial charge in [-0.1, -0.05) is 24.3 Å². The van der Waals surface area contributed by atoms with E-state index in [1.165, 1.54) is 29.5 Å². The summed E-state index contributed by atoms with van der Waals surface area (Å²) < 4.78 is 0. The van der Waals surface area contributed by atoms with Crippen molar-refractivity contribution in [1.82, 2.24) is 9.97 Å². The minimum atomic E-state index is 0.387. The van der Waals surface area contributed by atoms with Gasteiger partial charge in [-0.2, -0.15) is 0 Å². The quantitative estimate of drug-likeness (QED) is 0.645. The van der Waals surface area contributed by atoms with E-state index in [-0.39, 0.29) is 0 Å². The lowest BCUT2D eigenvalue weighted by molar-refractivity contribution is 0.350. The van der Waals surface area contributed by atoms with Crippen molar-refractivity contribution in [2.24, 2.45) is 5.41 Å². The molecule has 1 aromatic heterocycles. The van der Waals surface area contributed by atoms with E-state index in [0.717, 1.165) is 24.4 Å². The second kappa shape index (κ2) is 5.73. The van der Waals surface area contributed by atoms with E-state index >= 15 is 0 Å². The van der Waals surface area contributed by atoms with Crippen LogP contribution in [0.15, 0.2) is 53.7 Å².